The molecule has 0 spiro atoms. The van der Waals surface area contributed by atoms with Gasteiger partial charge in [0.1, 0.15) is 0 Å². The number of pyridine rings is 1. The van der Waals surface area contributed by atoms with E-state index in [9.17, 15) is 17.6 Å². The van der Waals surface area contributed by atoms with Gasteiger partial charge in [-0.2, -0.15) is 4.31 Å². The maximum Gasteiger partial charge on any atom is 0.263 e. The van der Waals surface area contributed by atoms with Crippen molar-refractivity contribution in [3.8, 4) is 0 Å². The Morgan fingerprint density at radius 3 is 2.65 bits per heavy atom. The molecule has 0 atom stereocenters. The van der Waals surface area contributed by atoms with E-state index >= 15 is 0 Å². The summed E-state index contributed by atoms with van der Waals surface area (Å²) in [5.74, 6) is -1.15. The second kappa shape index (κ2) is 5.84. The van der Waals surface area contributed by atoms with E-state index in [0.29, 0.717) is 12.8 Å². The van der Waals surface area contributed by atoms with Crippen molar-refractivity contribution in [2.75, 3.05) is 20.1 Å². The molecule has 1 saturated heterocycles. The van der Waals surface area contributed by atoms with Crippen LogP contribution in [0.3, 0.4) is 0 Å². The summed E-state index contributed by atoms with van der Waals surface area (Å²) in [5.41, 5.74) is 0. The van der Waals surface area contributed by atoms with Crippen LogP contribution in [0.2, 0.25) is 0 Å². The number of nitrogens with one attached hydrogen (secondary N) is 1. The standard InChI is InChI=1S/C12H16FN3O3S/c1-14-11(17)9-4-7-16(8-5-9)20(18,19)12-10(13)3-2-6-15-12/h2-3,6,9H,4-5,7-8H2,1H3,(H,14,17). The number of nitrogens with zero attached hydrogens (tertiary/aromatic N) is 2. The normalized spacial score (nSPS) is 17.9. The zero-order chi connectivity index (χ0) is 14.8. The highest BCUT2D eigenvalue weighted by molar-refractivity contribution is 7.89. The molecule has 0 aliphatic carbocycles. The first-order valence-corrected chi connectivity index (χ1v) is 7.73. The molecular weight excluding hydrogens is 285 g/mol. The van der Waals surface area contributed by atoms with Crippen molar-refractivity contribution in [2.24, 2.45) is 5.92 Å². The quantitative estimate of drug-likeness (QED) is 0.874. The lowest BCUT2D eigenvalue weighted by Gasteiger charge is -2.29. The van der Waals surface area contributed by atoms with Crippen LogP contribution in [0.5, 0.6) is 0 Å². The van der Waals surface area contributed by atoms with Crippen molar-refractivity contribution in [2.45, 2.75) is 17.9 Å². The highest BCUT2D eigenvalue weighted by Crippen LogP contribution is 2.24. The predicted octanol–water partition coefficient (Wildman–Crippen LogP) is 0.367. The fourth-order valence-corrected chi connectivity index (χ4v) is 3.69. The highest BCUT2D eigenvalue weighted by Gasteiger charge is 2.33. The highest BCUT2D eigenvalue weighted by atomic mass is 32.2. The molecule has 1 aliphatic rings. The number of rotatable bonds is 3. The number of carbonyl (C=O) groups is 1. The van der Waals surface area contributed by atoms with Crippen LogP contribution in [0.25, 0.3) is 0 Å². The van der Waals surface area contributed by atoms with Gasteiger partial charge in [-0.25, -0.2) is 17.8 Å². The van der Waals surface area contributed by atoms with Gasteiger partial charge in [0.2, 0.25) is 10.9 Å². The van der Waals surface area contributed by atoms with Crippen LogP contribution >= 0.6 is 0 Å². The molecule has 1 N–H and O–H groups in total. The van der Waals surface area contributed by atoms with Crippen molar-refractivity contribution < 1.29 is 17.6 Å². The number of amides is 1. The van der Waals surface area contributed by atoms with Crippen LogP contribution in [0.4, 0.5) is 4.39 Å². The molecule has 0 radical (unpaired) electrons. The molecule has 0 bridgehead atoms. The van der Waals surface area contributed by atoms with E-state index in [1.807, 2.05) is 0 Å². The largest absolute Gasteiger partial charge is 0.359 e. The Labute approximate surface area is 117 Å². The van der Waals surface area contributed by atoms with Crippen molar-refractivity contribution in [3.05, 3.63) is 24.1 Å². The first kappa shape index (κ1) is 14.9. The molecule has 20 heavy (non-hydrogen) atoms. The van der Waals surface area contributed by atoms with E-state index in [2.05, 4.69) is 10.3 Å². The summed E-state index contributed by atoms with van der Waals surface area (Å²) in [6, 6.07) is 2.41. The van der Waals surface area contributed by atoms with Gasteiger partial charge in [-0.3, -0.25) is 4.79 Å². The first-order valence-electron chi connectivity index (χ1n) is 6.29. The first-order chi connectivity index (χ1) is 9.46. The lowest BCUT2D eigenvalue weighted by atomic mass is 9.97. The molecule has 8 heteroatoms. The van der Waals surface area contributed by atoms with E-state index in [-0.39, 0.29) is 24.9 Å². The van der Waals surface area contributed by atoms with E-state index < -0.39 is 20.9 Å². The van der Waals surface area contributed by atoms with Gasteiger partial charge in [0.05, 0.1) is 0 Å². The minimum atomic E-state index is -3.93. The number of aromatic nitrogens is 1. The average Bonchev–Trinajstić information content (AvgIpc) is 2.47. The van der Waals surface area contributed by atoms with E-state index in [1.165, 1.54) is 16.6 Å². The SMILES string of the molecule is CNC(=O)C1CCN(S(=O)(=O)c2ncccc2F)CC1. The van der Waals surface area contributed by atoms with Gasteiger partial charge in [-0.05, 0) is 25.0 Å². The van der Waals surface area contributed by atoms with E-state index in [4.69, 9.17) is 0 Å². The lowest BCUT2D eigenvalue weighted by molar-refractivity contribution is -0.125. The predicted molar refractivity (Wildman–Crippen MR) is 69.7 cm³/mol. The Hall–Kier alpha value is -1.54. The third-order valence-corrected chi connectivity index (χ3v) is 5.21. The molecule has 2 heterocycles. The maximum absolute atomic E-state index is 13.6. The minimum absolute atomic E-state index is 0.0916. The fourth-order valence-electron chi connectivity index (χ4n) is 2.25. The fraction of sp³-hybridized carbons (Fsp3) is 0.500. The molecule has 2 rings (SSSR count). The zero-order valence-corrected chi connectivity index (χ0v) is 11.9. The number of carbonyl (C=O) groups excluding carboxylic acids is 1. The van der Waals surface area contributed by atoms with Crippen LogP contribution in [0.15, 0.2) is 23.4 Å². The molecular formula is C12H16FN3O3S. The Morgan fingerprint density at radius 1 is 1.45 bits per heavy atom. The van der Waals surface area contributed by atoms with Gasteiger partial charge >= 0.3 is 0 Å². The van der Waals surface area contributed by atoms with Crippen LogP contribution in [-0.2, 0) is 14.8 Å². The summed E-state index contributed by atoms with van der Waals surface area (Å²) in [5, 5.41) is 1.99. The van der Waals surface area contributed by atoms with E-state index in [0.717, 1.165) is 6.07 Å². The van der Waals surface area contributed by atoms with Gasteiger partial charge in [0, 0.05) is 32.3 Å². The molecule has 110 valence electrons. The maximum atomic E-state index is 13.6. The number of hydrogen-bond donors (Lipinski definition) is 1. The second-order valence-electron chi connectivity index (χ2n) is 4.58. The molecule has 6 nitrogen and oxygen atoms in total. The Morgan fingerprint density at radius 2 is 2.10 bits per heavy atom. The Kier molecular flexibility index (Phi) is 4.34. The molecule has 1 amide bonds. The summed E-state index contributed by atoms with van der Waals surface area (Å²) in [6.07, 6.45) is 2.09. The molecule has 0 saturated carbocycles. The zero-order valence-electron chi connectivity index (χ0n) is 11.0. The Balaban J connectivity index is 2.14. The average molecular weight is 301 g/mol. The van der Waals surface area contributed by atoms with Crippen molar-refractivity contribution in [1.82, 2.24) is 14.6 Å². The van der Waals surface area contributed by atoms with Gasteiger partial charge in [0.15, 0.2) is 5.82 Å². The molecule has 1 aromatic rings. The molecule has 0 unspecified atom stereocenters. The topological polar surface area (TPSA) is 79.4 Å². The summed E-state index contributed by atoms with van der Waals surface area (Å²) < 4.78 is 39.3. The number of piperidine rings is 1. The smallest absolute Gasteiger partial charge is 0.263 e. The van der Waals surface area contributed by atoms with Gasteiger partial charge in [0.25, 0.3) is 10.0 Å². The summed E-state index contributed by atoms with van der Waals surface area (Å²) in [7, 11) is -2.38. The van der Waals surface area contributed by atoms with Gasteiger partial charge in [-0.1, -0.05) is 0 Å². The van der Waals surface area contributed by atoms with Crippen molar-refractivity contribution >= 4 is 15.9 Å². The number of sulfonamides is 1. The summed E-state index contributed by atoms with van der Waals surface area (Å²) >= 11 is 0. The van der Waals surface area contributed by atoms with Crippen LogP contribution < -0.4 is 5.32 Å². The van der Waals surface area contributed by atoms with Crippen LogP contribution in [-0.4, -0.2) is 43.8 Å². The van der Waals surface area contributed by atoms with Crippen molar-refractivity contribution in [1.29, 1.82) is 0 Å². The lowest BCUT2D eigenvalue weighted by Crippen LogP contribution is -2.42. The third-order valence-electron chi connectivity index (χ3n) is 3.38. The summed E-state index contributed by atoms with van der Waals surface area (Å²) in [4.78, 5) is 15.1. The minimum Gasteiger partial charge on any atom is -0.359 e. The van der Waals surface area contributed by atoms with Crippen LogP contribution in [0, 0.1) is 11.7 Å². The third kappa shape index (κ3) is 2.80. The second-order valence-corrected chi connectivity index (χ2v) is 6.44. The van der Waals surface area contributed by atoms with Gasteiger partial charge in [-0.15, -0.1) is 0 Å². The summed E-state index contributed by atoms with van der Waals surface area (Å²) in [6.45, 7) is 0.382. The number of halogens is 1. The van der Waals surface area contributed by atoms with Crippen molar-refractivity contribution in [3.63, 3.8) is 0 Å². The van der Waals surface area contributed by atoms with Crippen LogP contribution in [0.1, 0.15) is 12.8 Å². The number of hydrogen-bond acceptors (Lipinski definition) is 4. The van der Waals surface area contributed by atoms with E-state index in [1.54, 1.807) is 7.05 Å². The molecule has 1 fully saturated rings. The molecule has 1 aromatic heterocycles. The Bertz CT molecular complexity index is 598. The monoisotopic (exact) mass is 301 g/mol. The molecule has 1 aliphatic heterocycles. The van der Waals surface area contributed by atoms with Gasteiger partial charge < -0.3 is 5.32 Å². The molecule has 0 aromatic carbocycles.